The number of hydrogen-bond acceptors (Lipinski definition) is 5. The first-order valence-corrected chi connectivity index (χ1v) is 9.03. The van der Waals surface area contributed by atoms with Crippen LogP contribution in [0.5, 0.6) is 5.75 Å². The average molecular weight is 366 g/mol. The van der Waals surface area contributed by atoms with Gasteiger partial charge in [0.05, 0.1) is 23.4 Å². The van der Waals surface area contributed by atoms with E-state index in [2.05, 4.69) is 10.3 Å². The van der Waals surface area contributed by atoms with Crippen molar-refractivity contribution in [2.24, 2.45) is 0 Å². The van der Waals surface area contributed by atoms with Gasteiger partial charge in [-0.25, -0.2) is 4.98 Å². The summed E-state index contributed by atoms with van der Waals surface area (Å²) in [6.07, 6.45) is 0. The lowest BCUT2D eigenvalue weighted by Gasteiger charge is -2.07. The van der Waals surface area contributed by atoms with Crippen molar-refractivity contribution < 1.29 is 14.3 Å². The second kappa shape index (κ2) is 8.01. The molecule has 0 aliphatic heterocycles. The minimum atomic E-state index is -0.430. The minimum absolute atomic E-state index is 0.118. The summed E-state index contributed by atoms with van der Waals surface area (Å²) in [5.41, 5.74) is 2.40. The zero-order valence-corrected chi connectivity index (χ0v) is 15.3. The van der Waals surface area contributed by atoms with Gasteiger partial charge in [-0.3, -0.25) is 14.9 Å². The van der Waals surface area contributed by atoms with Crippen LogP contribution in [0.2, 0.25) is 0 Å². The standard InChI is InChI=1S/C20H18N2O3S/c1-13-11-19(21-17-6-4-3-5-16(13)17)26-12-18(23)22-20(24)14-7-9-15(25-2)10-8-14/h3-11H,12H2,1-2H3,(H,22,23,24). The van der Waals surface area contributed by atoms with Gasteiger partial charge in [0.2, 0.25) is 5.91 Å². The summed E-state index contributed by atoms with van der Waals surface area (Å²) < 4.78 is 5.05. The largest absolute Gasteiger partial charge is 0.497 e. The van der Waals surface area contributed by atoms with Crippen molar-refractivity contribution >= 4 is 34.5 Å². The van der Waals surface area contributed by atoms with Gasteiger partial charge in [0.15, 0.2) is 0 Å². The summed E-state index contributed by atoms with van der Waals surface area (Å²) in [5, 5.41) is 4.24. The first-order valence-electron chi connectivity index (χ1n) is 8.04. The molecule has 3 rings (SSSR count). The number of hydrogen-bond donors (Lipinski definition) is 1. The Morgan fingerprint density at radius 2 is 1.85 bits per heavy atom. The van der Waals surface area contributed by atoms with E-state index in [4.69, 9.17) is 4.74 Å². The van der Waals surface area contributed by atoms with E-state index in [0.717, 1.165) is 21.5 Å². The van der Waals surface area contributed by atoms with Gasteiger partial charge in [0.25, 0.3) is 5.91 Å². The van der Waals surface area contributed by atoms with Gasteiger partial charge in [-0.05, 0) is 48.9 Å². The summed E-state index contributed by atoms with van der Waals surface area (Å²) in [6.45, 7) is 2.02. The molecule has 1 aromatic heterocycles. The fraction of sp³-hybridized carbons (Fsp3) is 0.150. The van der Waals surface area contributed by atoms with Crippen molar-refractivity contribution in [1.29, 1.82) is 0 Å². The molecule has 0 aliphatic rings. The number of thioether (sulfide) groups is 1. The van der Waals surface area contributed by atoms with E-state index in [0.29, 0.717) is 11.3 Å². The zero-order chi connectivity index (χ0) is 18.5. The van der Waals surface area contributed by atoms with Gasteiger partial charge in [-0.1, -0.05) is 30.0 Å². The summed E-state index contributed by atoms with van der Waals surface area (Å²) in [7, 11) is 1.55. The first-order chi connectivity index (χ1) is 12.6. The first kappa shape index (κ1) is 17.9. The fourth-order valence-corrected chi connectivity index (χ4v) is 3.28. The predicted octanol–water partition coefficient (Wildman–Crippen LogP) is 3.60. The van der Waals surface area contributed by atoms with Gasteiger partial charge in [-0.2, -0.15) is 0 Å². The van der Waals surface area contributed by atoms with Crippen LogP contribution in [-0.2, 0) is 4.79 Å². The highest BCUT2D eigenvalue weighted by Crippen LogP contribution is 2.23. The third-order valence-corrected chi connectivity index (χ3v) is 4.77. The number of aryl methyl sites for hydroxylation is 1. The molecule has 0 bridgehead atoms. The zero-order valence-electron chi connectivity index (χ0n) is 14.5. The fourth-order valence-electron chi connectivity index (χ4n) is 2.51. The number of aromatic nitrogens is 1. The predicted molar refractivity (Wildman–Crippen MR) is 103 cm³/mol. The molecule has 1 N–H and O–H groups in total. The molecular formula is C20H18N2O3S. The molecule has 5 nitrogen and oxygen atoms in total. The van der Waals surface area contributed by atoms with E-state index in [9.17, 15) is 9.59 Å². The number of nitrogens with zero attached hydrogens (tertiary/aromatic N) is 1. The van der Waals surface area contributed by atoms with E-state index < -0.39 is 5.91 Å². The molecule has 132 valence electrons. The van der Waals surface area contributed by atoms with E-state index in [1.54, 1.807) is 31.4 Å². The molecule has 0 fully saturated rings. The molecule has 0 atom stereocenters. The Morgan fingerprint density at radius 3 is 2.58 bits per heavy atom. The lowest BCUT2D eigenvalue weighted by atomic mass is 10.1. The van der Waals surface area contributed by atoms with Gasteiger partial charge < -0.3 is 4.74 Å². The molecule has 6 heteroatoms. The van der Waals surface area contributed by atoms with Gasteiger partial charge >= 0.3 is 0 Å². The molecule has 0 saturated heterocycles. The van der Waals surface area contributed by atoms with Crippen molar-refractivity contribution in [3.8, 4) is 5.75 Å². The quantitative estimate of drug-likeness (QED) is 0.699. The Labute approximate surface area is 155 Å². The number of rotatable bonds is 5. The van der Waals surface area contributed by atoms with E-state index in [-0.39, 0.29) is 11.7 Å². The third kappa shape index (κ3) is 4.21. The number of methoxy groups -OCH3 is 1. The summed E-state index contributed by atoms with van der Waals surface area (Å²) in [6, 6.07) is 16.4. The van der Waals surface area contributed by atoms with Crippen LogP contribution < -0.4 is 10.1 Å². The molecular weight excluding hydrogens is 348 g/mol. The van der Waals surface area contributed by atoms with Crippen molar-refractivity contribution in [2.45, 2.75) is 11.9 Å². The normalized spacial score (nSPS) is 10.5. The number of ether oxygens (including phenoxy) is 1. The number of carbonyl (C=O) groups excluding carboxylic acids is 2. The van der Waals surface area contributed by atoms with Crippen LogP contribution in [0.3, 0.4) is 0 Å². The molecule has 2 amide bonds. The third-order valence-electron chi connectivity index (χ3n) is 3.86. The second-order valence-electron chi connectivity index (χ2n) is 5.69. The Balaban J connectivity index is 1.60. The van der Waals surface area contributed by atoms with Crippen LogP contribution in [0.15, 0.2) is 59.6 Å². The number of nitrogens with one attached hydrogen (secondary N) is 1. The van der Waals surface area contributed by atoms with Crippen molar-refractivity contribution in [3.63, 3.8) is 0 Å². The molecule has 26 heavy (non-hydrogen) atoms. The van der Waals surface area contributed by atoms with Crippen molar-refractivity contribution in [2.75, 3.05) is 12.9 Å². The van der Waals surface area contributed by atoms with Crippen LogP contribution in [0.1, 0.15) is 15.9 Å². The van der Waals surface area contributed by atoms with Crippen molar-refractivity contribution in [3.05, 3.63) is 65.7 Å². The van der Waals surface area contributed by atoms with Crippen molar-refractivity contribution in [1.82, 2.24) is 10.3 Å². The molecule has 3 aromatic rings. The molecule has 2 aromatic carbocycles. The lowest BCUT2D eigenvalue weighted by molar-refractivity contribution is -0.117. The molecule has 0 unspecified atom stereocenters. The molecule has 1 heterocycles. The SMILES string of the molecule is COc1ccc(C(=O)NC(=O)CSc2cc(C)c3ccccc3n2)cc1. The molecule has 0 aliphatic carbocycles. The summed E-state index contributed by atoms with van der Waals surface area (Å²) >= 11 is 1.31. The van der Waals surface area contributed by atoms with Gasteiger partial charge in [0.1, 0.15) is 5.75 Å². The highest BCUT2D eigenvalue weighted by atomic mass is 32.2. The highest BCUT2D eigenvalue weighted by Gasteiger charge is 2.12. The Hall–Kier alpha value is -2.86. The maximum absolute atomic E-state index is 12.1. The number of carbonyl (C=O) groups is 2. The number of amides is 2. The number of imide groups is 1. The molecule has 0 saturated carbocycles. The van der Waals surface area contributed by atoms with Crippen LogP contribution >= 0.6 is 11.8 Å². The van der Waals surface area contributed by atoms with E-state index >= 15 is 0 Å². The summed E-state index contributed by atoms with van der Waals surface area (Å²) in [4.78, 5) is 28.7. The maximum Gasteiger partial charge on any atom is 0.257 e. The van der Waals surface area contributed by atoms with Crippen LogP contribution in [-0.4, -0.2) is 29.7 Å². The molecule has 0 spiro atoms. The van der Waals surface area contributed by atoms with E-state index in [1.165, 1.54) is 11.8 Å². The minimum Gasteiger partial charge on any atom is -0.497 e. The van der Waals surface area contributed by atoms with Gasteiger partial charge in [-0.15, -0.1) is 0 Å². The Morgan fingerprint density at radius 1 is 1.12 bits per heavy atom. The topological polar surface area (TPSA) is 68.3 Å². The average Bonchev–Trinajstić information content (AvgIpc) is 2.66. The summed E-state index contributed by atoms with van der Waals surface area (Å²) in [5.74, 6) is -0.0160. The van der Waals surface area contributed by atoms with E-state index in [1.807, 2.05) is 37.3 Å². The van der Waals surface area contributed by atoms with Crippen LogP contribution in [0.4, 0.5) is 0 Å². The second-order valence-corrected chi connectivity index (χ2v) is 6.68. The number of pyridine rings is 1. The molecule has 0 radical (unpaired) electrons. The maximum atomic E-state index is 12.1. The van der Waals surface area contributed by atoms with Gasteiger partial charge in [0, 0.05) is 10.9 Å². The monoisotopic (exact) mass is 366 g/mol. The number of benzene rings is 2. The van der Waals surface area contributed by atoms with Crippen LogP contribution in [0.25, 0.3) is 10.9 Å². The highest BCUT2D eigenvalue weighted by molar-refractivity contribution is 7.99. The number of para-hydroxylation sites is 1. The smallest absolute Gasteiger partial charge is 0.257 e. The Kier molecular flexibility index (Phi) is 5.53. The Bertz CT molecular complexity index is 955. The van der Waals surface area contributed by atoms with Crippen LogP contribution in [0, 0.1) is 6.92 Å². The number of fused-ring (bicyclic) bond motifs is 1. The lowest BCUT2D eigenvalue weighted by Crippen LogP contribution is -2.31.